The average molecular weight is 340 g/mol. The molecule has 1 atom stereocenters. The molecule has 0 aromatic heterocycles. The van der Waals surface area contributed by atoms with E-state index in [1.54, 1.807) is 0 Å². The van der Waals surface area contributed by atoms with Gasteiger partial charge in [0.05, 0.1) is 12.0 Å². The summed E-state index contributed by atoms with van der Waals surface area (Å²) in [6.07, 6.45) is 15.3. The molecule has 2 rings (SSSR count). The van der Waals surface area contributed by atoms with Crippen molar-refractivity contribution in [2.24, 2.45) is 17.8 Å². The van der Waals surface area contributed by atoms with Gasteiger partial charge >= 0.3 is 0 Å². The number of hydrogen-bond acceptors (Lipinski definition) is 1. The van der Waals surface area contributed by atoms with Gasteiger partial charge in [0.15, 0.2) is 0 Å². The van der Waals surface area contributed by atoms with Crippen LogP contribution >= 0.6 is 0 Å². The van der Waals surface area contributed by atoms with E-state index in [2.05, 4.69) is 44.2 Å². The molecule has 1 heteroatoms. The molecule has 0 spiro atoms. The summed E-state index contributed by atoms with van der Waals surface area (Å²) in [5.41, 5.74) is 2.79. The topological polar surface area (TPSA) is 23.8 Å². The Bertz CT molecular complexity index is 502. The van der Waals surface area contributed by atoms with Crippen LogP contribution in [0.4, 0.5) is 0 Å². The average Bonchev–Trinajstić information content (AvgIpc) is 2.66. The zero-order valence-electron chi connectivity index (χ0n) is 16.5. The first-order chi connectivity index (χ1) is 12.3. The van der Waals surface area contributed by atoms with E-state index >= 15 is 0 Å². The van der Waals surface area contributed by atoms with E-state index in [4.69, 9.17) is 0 Å². The van der Waals surface area contributed by atoms with Crippen LogP contribution in [0.15, 0.2) is 24.3 Å². The number of aryl methyl sites for hydroxylation is 1. The maximum absolute atomic E-state index is 9.69. The van der Waals surface area contributed by atoms with Gasteiger partial charge in [-0.05, 0) is 55.1 Å². The van der Waals surface area contributed by atoms with E-state index in [0.717, 1.165) is 12.3 Å². The SMILES string of the molecule is CCCCCc1ccc(CC(C#N)C2CCC(CCCC)CC2)cc1. The molecule has 0 N–H and O–H groups in total. The fourth-order valence-corrected chi connectivity index (χ4v) is 4.36. The Morgan fingerprint density at radius 1 is 0.920 bits per heavy atom. The van der Waals surface area contributed by atoms with Crippen LogP contribution < -0.4 is 0 Å². The van der Waals surface area contributed by atoms with Crippen LogP contribution in [0.3, 0.4) is 0 Å². The van der Waals surface area contributed by atoms with Crippen molar-refractivity contribution in [3.8, 4) is 6.07 Å². The first-order valence-electron chi connectivity index (χ1n) is 10.7. The standard InChI is InChI=1S/C24H37N/c1-3-5-7-9-21-10-12-22(13-11-21)18-24(19-25)23-16-14-20(15-17-23)8-6-4-2/h10-13,20,23-24H,3-9,14-18H2,1-2H3. The second kappa shape index (κ2) is 11.3. The fourth-order valence-electron chi connectivity index (χ4n) is 4.36. The molecule has 1 aromatic rings. The molecular weight excluding hydrogens is 302 g/mol. The molecule has 0 aliphatic heterocycles. The van der Waals surface area contributed by atoms with E-state index in [1.807, 2.05) is 0 Å². The third-order valence-electron chi connectivity index (χ3n) is 6.14. The fraction of sp³-hybridized carbons (Fsp3) is 0.708. The third-order valence-corrected chi connectivity index (χ3v) is 6.14. The van der Waals surface area contributed by atoms with Crippen molar-refractivity contribution in [3.63, 3.8) is 0 Å². The van der Waals surface area contributed by atoms with E-state index in [0.29, 0.717) is 5.92 Å². The molecule has 1 aliphatic carbocycles. The van der Waals surface area contributed by atoms with Gasteiger partial charge in [0.1, 0.15) is 0 Å². The first-order valence-corrected chi connectivity index (χ1v) is 10.7. The third kappa shape index (κ3) is 6.85. The number of unbranched alkanes of at least 4 members (excludes halogenated alkanes) is 3. The lowest BCUT2D eigenvalue weighted by molar-refractivity contribution is 0.221. The number of nitriles is 1. The minimum Gasteiger partial charge on any atom is -0.198 e. The molecule has 0 radical (unpaired) electrons. The monoisotopic (exact) mass is 339 g/mol. The molecule has 1 unspecified atom stereocenters. The van der Waals surface area contributed by atoms with E-state index in [-0.39, 0.29) is 5.92 Å². The number of hydrogen-bond donors (Lipinski definition) is 0. The molecule has 25 heavy (non-hydrogen) atoms. The Labute approximate surface area is 155 Å². The predicted molar refractivity (Wildman–Crippen MR) is 107 cm³/mol. The van der Waals surface area contributed by atoms with Crippen molar-refractivity contribution in [2.45, 2.75) is 90.9 Å². The highest BCUT2D eigenvalue weighted by molar-refractivity contribution is 5.24. The molecule has 1 fully saturated rings. The van der Waals surface area contributed by atoms with Gasteiger partial charge in [0.25, 0.3) is 0 Å². The zero-order chi connectivity index (χ0) is 17.9. The Morgan fingerprint density at radius 2 is 1.56 bits per heavy atom. The molecular formula is C24H37N. The highest BCUT2D eigenvalue weighted by Crippen LogP contribution is 2.36. The Kier molecular flexibility index (Phi) is 9.09. The summed E-state index contributed by atoms with van der Waals surface area (Å²) in [6, 6.07) is 11.7. The van der Waals surface area contributed by atoms with Gasteiger partial charge in [0.2, 0.25) is 0 Å². The van der Waals surface area contributed by atoms with Gasteiger partial charge in [-0.25, -0.2) is 0 Å². The van der Waals surface area contributed by atoms with Gasteiger partial charge in [-0.15, -0.1) is 0 Å². The Hall–Kier alpha value is -1.29. The molecule has 0 amide bonds. The van der Waals surface area contributed by atoms with Crippen molar-refractivity contribution in [2.75, 3.05) is 0 Å². The lowest BCUT2D eigenvalue weighted by Crippen LogP contribution is -2.22. The highest BCUT2D eigenvalue weighted by Gasteiger charge is 2.27. The second-order valence-corrected chi connectivity index (χ2v) is 8.14. The van der Waals surface area contributed by atoms with Gasteiger partial charge in [-0.1, -0.05) is 83.1 Å². The second-order valence-electron chi connectivity index (χ2n) is 8.14. The molecule has 138 valence electrons. The predicted octanol–water partition coefficient (Wildman–Crippen LogP) is 7.10. The van der Waals surface area contributed by atoms with Crippen LogP contribution in [-0.2, 0) is 12.8 Å². The Balaban J connectivity index is 1.81. The molecule has 0 heterocycles. The summed E-state index contributed by atoms with van der Waals surface area (Å²) in [7, 11) is 0. The van der Waals surface area contributed by atoms with Gasteiger partial charge in [0, 0.05) is 0 Å². The number of nitrogens with zero attached hydrogens (tertiary/aromatic N) is 1. The molecule has 1 aromatic carbocycles. The van der Waals surface area contributed by atoms with E-state index < -0.39 is 0 Å². The van der Waals surface area contributed by atoms with Gasteiger partial charge in [-0.2, -0.15) is 5.26 Å². The number of rotatable bonds is 10. The van der Waals surface area contributed by atoms with Crippen molar-refractivity contribution in [3.05, 3.63) is 35.4 Å². The van der Waals surface area contributed by atoms with Crippen LogP contribution in [-0.4, -0.2) is 0 Å². The summed E-state index contributed by atoms with van der Waals surface area (Å²) in [5.74, 6) is 1.75. The van der Waals surface area contributed by atoms with Gasteiger partial charge < -0.3 is 0 Å². The van der Waals surface area contributed by atoms with Crippen LogP contribution in [0.2, 0.25) is 0 Å². The first kappa shape index (κ1) is 20.0. The minimum absolute atomic E-state index is 0.207. The minimum atomic E-state index is 0.207. The summed E-state index contributed by atoms with van der Waals surface area (Å²) >= 11 is 0. The van der Waals surface area contributed by atoms with Crippen LogP contribution in [0.25, 0.3) is 0 Å². The molecule has 0 saturated heterocycles. The highest BCUT2D eigenvalue weighted by atomic mass is 14.4. The summed E-state index contributed by atoms with van der Waals surface area (Å²) in [5, 5.41) is 9.69. The van der Waals surface area contributed by atoms with Crippen molar-refractivity contribution in [1.29, 1.82) is 5.26 Å². The van der Waals surface area contributed by atoms with Crippen molar-refractivity contribution < 1.29 is 0 Å². The molecule has 1 aliphatic rings. The molecule has 1 saturated carbocycles. The number of benzene rings is 1. The molecule has 0 bridgehead atoms. The van der Waals surface area contributed by atoms with E-state index in [1.165, 1.54) is 81.8 Å². The lowest BCUT2D eigenvalue weighted by Gasteiger charge is -2.31. The maximum Gasteiger partial charge on any atom is 0.0662 e. The van der Waals surface area contributed by atoms with Crippen LogP contribution in [0.5, 0.6) is 0 Å². The quantitative estimate of drug-likeness (QED) is 0.417. The van der Waals surface area contributed by atoms with Gasteiger partial charge in [-0.3, -0.25) is 0 Å². The van der Waals surface area contributed by atoms with Crippen LogP contribution in [0, 0.1) is 29.1 Å². The zero-order valence-corrected chi connectivity index (χ0v) is 16.5. The lowest BCUT2D eigenvalue weighted by atomic mass is 9.73. The van der Waals surface area contributed by atoms with Crippen molar-refractivity contribution in [1.82, 2.24) is 0 Å². The summed E-state index contributed by atoms with van der Waals surface area (Å²) < 4.78 is 0. The normalized spacial score (nSPS) is 21.6. The van der Waals surface area contributed by atoms with E-state index in [9.17, 15) is 5.26 Å². The Morgan fingerprint density at radius 3 is 2.16 bits per heavy atom. The molecule has 1 nitrogen and oxygen atoms in total. The smallest absolute Gasteiger partial charge is 0.0662 e. The summed E-state index contributed by atoms with van der Waals surface area (Å²) in [6.45, 7) is 4.54. The largest absolute Gasteiger partial charge is 0.198 e. The van der Waals surface area contributed by atoms with Crippen LogP contribution in [0.1, 0.15) is 89.2 Å². The van der Waals surface area contributed by atoms with Crippen molar-refractivity contribution >= 4 is 0 Å². The summed E-state index contributed by atoms with van der Waals surface area (Å²) in [4.78, 5) is 0. The maximum atomic E-state index is 9.69.